The summed E-state index contributed by atoms with van der Waals surface area (Å²) >= 11 is 4.70. The predicted molar refractivity (Wildman–Crippen MR) is 98.1 cm³/mol. The van der Waals surface area contributed by atoms with Crippen LogP contribution in [0, 0.1) is 7.40 Å². The summed E-state index contributed by atoms with van der Waals surface area (Å²) in [7, 11) is 0. The molecule has 3 aromatic rings. The van der Waals surface area contributed by atoms with Crippen LogP contribution in [-0.4, -0.2) is 20.0 Å². The van der Waals surface area contributed by atoms with E-state index in [-0.39, 0.29) is 0 Å². The lowest BCUT2D eigenvalue weighted by atomic mass is 10.2. The number of hydrogen-bond acceptors (Lipinski definition) is 2. The number of nitrogens with zero attached hydrogens (tertiary/aromatic N) is 3. The Morgan fingerprint density at radius 2 is 1.95 bits per heavy atom. The topological polar surface area (TPSA) is 46.5 Å². The summed E-state index contributed by atoms with van der Waals surface area (Å²) in [6.07, 6.45) is 1.97. The van der Waals surface area contributed by atoms with Crippen molar-refractivity contribution in [3.8, 4) is 11.3 Å². The Morgan fingerprint density at radius 3 is 2.71 bits per heavy atom. The molecule has 21 heavy (non-hydrogen) atoms. The summed E-state index contributed by atoms with van der Waals surface area (Å²) in [5, 5.41) is 12.3. The lowest BCUT2D eigenvalue weighted by Gasteiger charge is -2.11. The van der Waals surface area contributed by atoms with Crippen molar-refractivity contribution in [2.75, 3.05) is 0 Å². The van der Waals surface area contributed by atoms with Crippen LogP contribution < -0.4 is 0 Å². The highest BCUT2D eigenvalue weighted by Crippen LogP contribution is 2.33. The molecular weight excluding hydrogens is 490 g/mol. The number of rotatable bonds is 2. The van der Waals surface area contributed by atoms with E-state index in [0.29, 0.717) is 6.04 Å². The fourth-order valence-electron chi connectivity index (χ4n) is 2.84. The quantitative estimate of drug-likeness (QED) is 0.543. The summed E-state index contributed by atoms with van der Waals surface area (Å²) in [5.41, 5.74) is 4.76. The molecule has 0 aliphatic heterocycles. The van der Waals surface area contributed by atoms with Gasteiger partial charge >= 0.3 is 0 Å². The number of aromatic amines is 1. The van der Waals surface area contributed by atoms with E-state index >= 15 is 0 Å². The van der Waals surface area contributed by atoms with E-state index in [1.807, 2.05) is 6.07 Å². The molecule has 0 fully saturated rings. The lowest BCUT2D eigenvalue weighted by molar-refractivity contribution is 0.462. The number of nitrogens with one attached hydrogen (secondary N) is 1. The zero-order chi connectivity index (χ0) is 14.4. The molecule has 4 rings (SSSR count). The highest BCUT2D eigenvalue weighted by atomic mass is 127. The maximum atomic E-state index is 4.82. The summed E-state index contributed by atoms with van der Waals surface area (Å²) in [6.45, 7) is 0. The van der Waals surface area contributed by atoms with Crippen LogP contribution in [0.25, 0.3) is 11.3 Å². The van der Waals surface area contributed by atoms with E-state index in [2.05, 4.69) is 90.4 Å². The van der Waals surface area contributed by atoms with Gasteiger partial charge in [-0.25, -0.2) is 0 Å². The molecule has 1 N–H and O–H groups in total. The average Bonchev–Trinajstić information content (AvgIpc) is 3.16. The zero-order valence-corrected chi connectivity index (χ0v) is 15.4. The SMILES string of the molecule is Ic1[nH]nc2c1CC(n1nc(-c3ccccc3)cc1I)C2. The Morgan fingerprint density at radius 1 is 1.14 bits per heavy atom. The van der Waals surface area contributed by atoms with Gasteiger partial charge in [-0.05, 0) is 57.7 Å². The maximum absolute atomic E-state index is 4.82. The van der Waals surface area contributed by atoms with Gasteiger partial charge in [0.2, 0.25) is 0 Å². The smallest absolute Gasteiger partial charge is 0.0999 e. The van der Waals surface area contributed by atoms with Crippen molar-refractivity contribution in [1.82, 2.24) is 20.0 Å². The molecule has 106 valence electrons. The van der Waals surface area contributed by atoms with Crippen LogP contribution in [0.2, 0.25) is 0 Å². The van der Waals surface area contributed by atoms with Crippen LogP contribution in [0.4, 0.5) is 0 Å². The van der Waals surface area contributed by atoms with Crippen molar-refractivity contribution in [3.05, 3.63) is 55.1 Å². The second-order valence-electron chi connectivity index (χ2n) is 5.19. The van der Waals surface area contributed by atoms with Crippen LogP contribution >= 0.6 is 45.2 Å². The summed E-state index contributed by atoms with van der Waals surface area (Å²) in [6, 6.07) is 12.9. The highest BCUT2D eigenvalue weighted by Gasteiger charge is 2.29. The molecule has 0 saturated heterocycles. The van der Waals surface area contributed by atoms with E-state index in [4.69, 9.17) is 5.10 Å². The van der Waals surface area contributed by atoms with Crippen LogP contribution in [0.3, 0.4) is 0 Å². The van der Waals surface area contributed by atoms with E-state index in [1.54, 1.807) is 0 Å². The van der Waals surface area contributed by atoms with E-state index in [0.717, 1.165) is 22.2 Å². The van der Waals surface area contributed by atoms with Crippen molar-refractivity contribution in [1.29, 1.82) is 0 Å². The van der Waals surface area contributed by atoms with Crippen LogP contribution in [-0.2, 0) is 12.8 Å². The third-order valence-corrected chi connectivity index (χ3v) is 5.57. The molecule has 1 unspecified atom stereocenters. The number of fused-ring (bicyclic) bond motifs is 1. The largest absolute Gasteiger partial charge is 0.272 e. The molecular formula is C15H12I2N4. The first-order valence-electron chi connectivity index (χ1n) is 6.74. The van der Waals surface area contributed by atoms with E-state index in [9.17, 15) is 0 Å². The van der Waals surface area contributed by atoms with Gasteiger partial charge in [0.15, 0.2) is 0 Å². The fourth-order valence-corrected chi connectivity index (χ4v) is 4.28. The molecule has 1 atom stereocenters. The highest BCUT2D eigenvalue weighted by molar-refractivity contribution is 14.1. The standard InChI is InChI=1S/C15H12I2N4/c16-14-8-12(9-4-2-1-3-5-9)20-21(14)10-6-11-13(7-10)18-19-15(11)17/h1-5,8,10H,6-7H2,(H,18,19). The minimum absolute atomic E-state index is 0.384. The first-order valence-corrected chi connectivity index (χ1v) is 8.90. The first kappa shape index (κ1) is 13.7. The number of halogens is 2. The second kappa shape index (κ2) is 5.38. The minimum atomic E-state index is 0.384. The number of benzene rings is 1. The Hall–Kier alpha value is -0.900. The lowest BCUT2D eigenvalue weighted by Crippen LogP contribution is -2.13. The Labute approximate surface area is 149 Å². The Bertz CT molecular complexity index is 791. The van der Waals surface area contributed by atoms with Crippen LogP contribution in [0.5, 0.6) is 0 Å². The molecule has 0 saturated carbocycles. The van der Waals surface area contributed by atoms with Gasteiger partial charge in [-0.1, -0.05) is 30.3 Å². The molecule has 0 radical (unpaired) electrons. The van der Waals surface area contributed by atoms with Crippen molar-refractivity contribution < 1.29 is 0 Å². The summed E-state index contributed by atoms with van der Waals surface area (Å²) in [5.74, 6) is 0. The number of aromatic nitrogens is 4. The Kier molecular flexibility index (Phi) is 3.52. The third-order valence-electron chi connectivity index (χ3n) is 3.88. The van der Waals surface area contributed by atoms with Crippen molar-refractivity contribution in [3.63, 3.8) is 0 Å². The first-order chi connectivity index (χ1) is 10.2. The molecule has 0 spiro atoms. The van der Waals surface area contributed by atoms with Gasteiger partial charge in [0.05, 0.1) is 24.8 Å². The van der Waals surface area contributed by atoms with E-state index < -0.39 is 0 Å². The Balaban J connectivity index is 1.67. The van der Waals surface area contributed by atoms with Gasteiger partial charge in [0.1, 0.15) is 0 Å². The zero-order valence-electron chi connectivity index (χ0n) is 11.1. The fraction of sp³-hybridized carbons (Fsp3) is 0.200. The molecule has 6 heteroatoms. The molecule has 4 nitrogen and oxygen atoms in total. The second-order valence-corrected chi connectivity index (χ2v) is 7.37. The van der Waals surface area contributed by atoms with Crippen molar-refractivity contribution in [2.45, 2.75) is 18.9 Å². The average molecular weight is 502 g/mol. The van der Waals surface area contributed by atoms with Gasteiger partial charge in [0.25, 0.3) is 0 Å². The molecule has 1 aliphatic carbocycles. The molecule has 0 bridgehead atoms. The van der Waals surface area contributed by atoms with Gasteiger partial charge in [-0.2, -0.15) is 10.2 Å². The summed E-state index contributed by atoms with van der Waals surface area (Å²) < 4.78 is 4.50. The monoisotopic (exact) mass is 502 g/mol. The molecule has 1 aromatic carbocycles. The van der Waals surface area contributed by atoms with Gasteiger partial charge in [-0.3, -0.25) is 9.78 Å². The maximum Gasteiger partial charge on any atom is 0.0999 e. The van der Waals surface area contributed by atoms with Crippen molar-refractivity contribution >= 4 is 45.2 Å². The number of H-pyrrole nitrogens is 1. The normalized spacial score (nSPS) is 17.1. The summed E-state index contributed by atoms with van der Waals surface area (Å²) in [4.78, 5) is 0. The predicted octanol–water partition coefficient (Wildman–Crippen LogP) is 3.82. The van der Waals surface area contributed by atoms with Gasteiger partial charge in [-0.15, -0.1) is 0 Å². The number of hydrogen-bond donors (Lipinski definition) is 1. The van der Waals surface area contributed by atoms with Gasteiger partial charge in [0, 0.05) is 17.5 Å². The van der Waals surface area contributed by atoms with Crippen LogP contribution in [0.15, 0.2) is 36.4 Å². The molecule has 1 aliphatic rings. The van der Waals surface area contributed by atoms with E-state index in [1.165, 1.54) is 20.5 Å². The van der Waals surface area contributed by atoms with Crippen molar-refractivity contribution in [2.24, 2.45) is 0 Å². The third kappa shape index (κ3) is 2.41. The van der Waals surface area contributed by atoms with Crippen LogP contribution in [0.1, 0.15) is 17.3 Å². The molecule has 2 heterocycles. The molecule has 2 aromatic heterocycles. The minimum Gasteiger partial charge on any atom is -0.272 e. The van der Waals surface area contributed by atoms with Gasteiger partial charge < -0.3 is 0 Å². The molecule has 0 amide bonds.